The van der Waals surface area contributed by atoms with Gasteiger partial charge in [-0.25, -0.2) is 0 Å². The lowest BCUT2D eigenvalue weighted by Crippen LogP contribution is -2.41. The van der Waals surface area contributed by atoms with Gasteiger partial charge in [0, 0.05) is 17.1 Å². The number of oxime groups is 1. The zero-order chi connectivity index (χ0) is 15.3. The molecule has 20 heavy (non-hydrogen) atoms. The number of hydrogen-bond donors (Lipinski definition) is 3. The van der Waals surface area contributed by atoms with Crippen LogP contribution in [0.5, 0.6) is 0 Å². The van der Waals surface area contributed by atoms with Crippen molar-refractivity contribution in [2.45, 2.75) is 25.9 Å². The van der Waals surface area contributed by atoms with Gasteiger partial charge in [0.2, 0.25) is 0 Å². The van der Waals surface area contributed by atoms with Crippen molar-refractivity contribution in [2.24, 2.45) is 10.9 Å². The van der Waals surface area contributed by atoms with Crippen molar-refractivity contribution < 1.29 is 14.7 Å². The topological polar surface area (TPSA) is 96.9 Å². The Morgan fingerprint density at radius 2 is 2.25 bits per heavy atom. The van der Waals surface area contributed by atoms with Crippen LogP contribution in [0.4, 0.5) is 5.69 Å². The highest BCUT2D eigenvalue weighted by Gasteiger charge is 2.31. The average Bonchev–Trinajstić information content (AvgIpc) is 2.47. The summed E-state index contributed by atoms with van der Waals surface area (Å²) in [5, 5.41) is 14.5. The lowest BCUT2D eigenvalue weighted by Gasteiger charge is -2.25. The first-order chi connectivity index (χ1) is 9.37. The van der Waals surface area contributed by atoms with E-state index in [1.54, 1.807) is 25.1 Å². The zero-order valence-corrected chi connectivity index (χ0v) is 13.2. The van der Waals surface area contributed by atoms with Gasteiger partial charge in [-0.2, -0.15) is 0 Å². The summed E-state index contributed by atoms with van der Waals surface area (Å²) >= 11 is 3.30. The van der Waals surface area contributed by atoms with Gasteiger partial charge < -0.3 is 21.0 Å². The first kappa shape index (κ1) is 16.5. The number of anilines is 1. The summed E-state index contributed by atoms with van der Waals surface area (Å²) in [5.74, 6) is -0.381. The molecule has 1 rings (SSSR count). The van der Waals surface area contributed by atoms with Crippen LogP contribution in [0.2, 0.25) is 0 Å². The molecule has 0 aliphatic heterocycles. The molecule has 0 aromatic heterocycles. The molecular formula is C13H18BrN3O3. The SMILES string of the molecule is CCC(C)(OC)C(=O)Nc1ccc(Br)cc1/C(N)=N/O. The number of carbonyl (C=O) groups excluding carboxylic acids is 1. The van der Waals surface area contributed by atoms with Crippen LogP contribution in [-0.2, 0) is 9.53 Å². The van der Waals surface area contributed by atoms with Gasteiger partial charge >= 0.3 is 0 Å². The number of amides is 1. The van der Waals surface area contributed by atoms with Crippen molar-refractivity contribution in [2.75, 3.05) is 12.4 Å². The van der Waals surface area contributed by atoms with E-state index in [-0.39, 0.29) is 11.7 Å². The zero-order valence-electron chi connectivity index (χ0n) is 11.6. The summed E-state index contributed by atoms with van der Waals surface area (Å²) < 4.78 is 5.99. The van der Waals surface area contributed by atoms with E-state index in [1.807, 2.05) is 6.92 Å². The number of rotatable bonds is 5. The molecular weight excluding hydrogens is 326 g/mol. The van der Waals surface area contributed by atoms with Gasteiger partial charge in [-0.15, -0.1) is 0 Å². The number of amidine groups is 1. The fourth-order valence-corrected chi connectivity index (χ4v) is 1.90. The molecule has 0 saturated heterocycles. The van der Waals surface area contributed by atoms with Crippen molar-refractivity contribution in [3.05, 3.63) is 28.2 Å². The van der Waals surface area contributed by atoms with Gasteiger partial charge in [0.25, 0.3) is 5.91 Å². The number of nitrogens with one attached hydrogen (secondary N) is 1. The number of hydrogen-bond acceptors (Lipinski definition) is 4. The van der Waals surface area contributed by atoms with Crippen molar-refractivity contribution in [3.8, 4) is 0 Å². The van der Waals surface area contributed by atoms with E-state index in [9.17, 15) is 4.79 Å². The lowest BCUT2D eigenvalue weighted by atomic mass is 10.0. The van der Waals surface area contributed by atoms with Crippen LogP contribution in [0, 0.1) is 0 Å². The summed E-state index contributed by atoms with van der Waals surface area (Å²) in [6.07, 6.45) is 0.519. The second-order valence-corrected chi connectivity index (χ2v) is 5.33. The normalized spacial score (nSPS) is 14.7. The van der Waals surface area contributed by atoms with Gasteiger partial charge in [-0.3, -0.25) is 4.79 Å². The number of halogens is 1. The Labute approximate surface area is 126 Å². The fourth-order valence-electron chi connectivity index (χ4n) is 1.54. The smallest absolute Gasteiger partial charge is 0.256 e. The molecule has 1 aromatic carbocycles. The Balaban J connectivity index is 3.13. The molecule has 0 heterocycles. The number of ether oxygens (including phenoxy) is 1. The van der Waals surface area contributed by atoms with Crippen molar-refractivity contribution in [1.29, 1.82) is 0 Å². The summed E-state index contributed by atoms with van der Waals surface area (Å²) in [7, 11) is 1.48. The monoisotopic (exact) mass is 343 g/mol. The molecule has 0 radical (unpaired) electrons. The second-order valence-electron chi connectivity index (χ2n) is 4.42. The van der Waals surface area contributed by atoms with Crippen LogP contribution in [-0.4, -0.2) is 29.7 Å². The third kappa shape index (κ3) is 3.49. The molecule has 4 N–H and O–H groups in total. The van der Waals surface area contributed by atoms with E-state index >= 15 is 0 Å². The summed E-state index contributed by atoms with van der Waals surface area (Å²) in [4.78, 5) is 12.3. The average molecular weight is 344 g/mol. The van der Waals surface area contributed by atoms with E-state index in [0.717, 1.165) is 4.47 Å². The molecule has 1 amide bonds. The third-order valence-electron chi connectivity index (χ3n) is 3.22. The molecule has 7 heteroatoms. The van der Waals surface area contributed by atoms with Gasteiger partial charge in [-0.1, -0.05) is 28.0 Å². The number of benzene rings is 1. The maximum absolute atomic E-state index is 12.3. The fraction of sp³-hybridized carbons (Fsp3) is 0.385. The molecule has 0 bridgehead atoms. The standard InChI is InChI=1S/C13H18BrN3O3/c1-4-13(2,20-3)12(18)16-10-6-5-8(14)7-9(10)11(15)17-19/h5-7,19H,4H2,1-3H3,(H2,15,17)(H,16,18). The van der Waals surface area contributed by atoms with Gasteiger partial charge in [0.1, 0.15) is 5.60 Å². The Hall–Kier alpha value is -1.60. The predicted octanol–water partition coefficient (Wildman–Crippen LogP) is 2.30. The third-order valence-corrected chi connectivity index (χ3v) is 3.71. The van der Waals surface area contributed by atoms with E-state index in [0.29, 0.717) is 17.7 Å². The van der Waals surface area contributed by atoms with Crippen LogP contribution in [0.3, 0.4) is 0 Å². The van der Waals surface area contributed by atoms with E-state index < -0.39 is 5.60 Å². The van der Waals surface area contributed by atoms with Crippen LogP contribution < -0.4 is 11.1 Å². The molecule has 1 aromatic rings. The minimum Gasteiger partial charge on any atom is -0.409 e. The molecule has 0 spiro atoms. The van der Waals surface area contributed by atoms with Crippen LogP contribution in [0.1, 0.15) is 25.8 Å². The summed E-state index contributed by atoms with van der Waals surface area (Å²) in [5.41, 5.74) is 5.55. The molecule has 0 aliphatic carbocycles. The number of methoxy groups -OCH3 is 1. The maximum Gasteiger partial charge on any atom is 0.256 e. The predicted molar refractivity (Wildman–Crippen MR) is 81.0 cm³/mol. The molecule has 0 fully saturated rings. The number of nitrogens with zero attached hydrogens (tertiary/aromatic N) is 1. The van der Waals surface area contributed by atoms with Gasteiger partial charge in [0.15, 0.2) is 5.84 Å². The first-order valence-corrected chi connectivity index (χ1v) is 6.81. The van der Waals surface area contributed by atoms with Gasteiger partial charge in [-0.05, 0) is 31.5 Å². The molecule has 6 nitrogen and oxygen atoms in total. The highest BCUT2D eigenvalue weighted by molar-refractivity contribution is 9.10. The van der Waals surface area contributed by atoms with E-state index in [4.69, 9.17) is 15.7 Å². The van der Waals surface area contributed by atoms with E-state index in [1.165, 1.54) is 7.11 Å². The number of carbonyl (C=O) groups is 1. The Morgan fingerprint density at radius 3 is 2.75 bits per heavy atom. The molecule has 110 valence electrons. The van der Waals surface area contributed by atoms with E-state index in [2.05, 4.69) is 26.4 Å². The first-order valence-electron chi connectivity index (χ1n) is 6.02. The summed E-state index contributed by atoms with van der Waals surface area (Å²) in [6, 6.07) is 5.07. The van der Waals surface area contributed by atoms with Gasteiger partial charge in [0.05, 0.1) is 5.69 Å². The highest BCUT2D eigenvalue weighted by Crippen LogP contribution is 2.23. The minimum atomic E-state index is -0.935. The second kappa shape index (κ2) is 6.71. The van der Waals surface area contributed by atoms with Crippen molar-refractivity contribution >= 4 is 33.4 Å². The molecule has 0 saturated carbocycles. The largest absolute Gasteiger partial charge is 0.409 e. The molecule has 1 atom stereocenters. The summed E-state index contributed by atoms with van der Waals surface area (Å²) in [6.45, 7) is 3.56. The van der Waals surface area contributed by atoms with Crippen LogP contribution in [0.25, 0.3) is 0 Å². The Kier molecular flexibility index (Phi) is 5.52. The number of nitrogens with two attached hydrogens (primary N) is 1. The molecule has 0 aliphatic rings. The quantitative estimate of drug-likeness (QED) is 0.330. The van der Waals surface area contributed by atoms with Crippen molar-refractivity contribution in [1.82, 2.24) is 0 Å². The Morgan fingerprint density at radius 1 is 1.60 bits per heavy atom. The van der Waals surface area contributed by atoms with Crippen molar-refractivity contribution in [3.63, 3.8) is 0 Å². The minimum absolute atomic E-state index is 0.0859. The highest BCUT2D eigenvalue weighted by atomic mass is 79.9. The molecule has 1 unspecified atom stereocenters. The Bertz CT molecular complexity index is 528. The van der Waals surface area contributed by atoms with Crippen LogP contribution in [0.15, 0.2) is 27.8 Å². The van der Waals surface area contributed by atoms with Crippen LogP contribution >= 0.6 is 15.9 Å². The lowest BCUT2D eigenvalue weighted by molar-refractivity contribution is -0.136. The maximum atomic E-state index is 12.3.